The van der Waals surface area contributed by atoms with Crippen LogP contribution in [0, 0.1) is 5.92 Å². The summed E-state index contributed by atoms with van der Waals surface area (Å²) in [5.41, 5.74) is 5.60. The minimum absolute atomic E-state index is 0. The number of amides is 1. The first-order valence-electron chi connectivity index (χ1n) is 9.44. The van der Waals surface area contributed by atoms with E-state index in [1.54, 1.807) is 0 Å². The third kappa shape index (κ3) is 8.03. The van der Waals surface area contributed by atoms with E-state index in [1.165, 1.54) is 6.92 Å². The van der Waals surface area contributed by atoms with Crippen molar-refractivity contribution >= 4 is 19.2 Å². The van der Waals surface area contributed by atoms with Gasteiger partial charge in [0.25, 0.3) is 7.37 Å². The fraction of sp³-hybridized carbons (Fsp3) is 0.333. The van der Waals surface area contributed by atoms with Crippen molar-refractivity contribution in [2.45, 2.75) is 31.6 Å². The molecule has 0 bridgehead atoms. The largest absolute Gasteiger partial charge is 1.00 e. The van der Waals surface area contributed by atoms with Gasteiger partial charge < -0.3 is 38.0 Å². The summed E-state index contributed by atoms with van der Waals surface area (Å²) >= 11 is 0. The summed E-state index contributed by atoms with van der Waals surface area (Å²) in [4.78, 5) is 34.5. The van der Waals surface area contributed by atoms with Crippen molar-refractivity contribution in [3.8, 4) is 0 Å². The van der Waals surface area contributed by atoms with E-state index in [1.807, 2.05) is 60.7 Å². The number of hydrogen-bond acceptors (Lipinski definition) is 3. The van der Waals surface area contributed by atoms with Crippen LogP contribution >= 0.6 is 7.37 Å². The number of rotatable bonds is 10. The van der Waals surface area contributed by atoms with Crippen molar-refractivity contribution < 1.29 is 46.9 Å². The fourth-order valence-electron chi connectivity index (χ4n) is 3.03. The van der Waals surface area contributed by atoms with Gasteiger partial charge in [-0.1, -0.05) is 60.7 Å². The fourth-order valence-corrected chi connectivity index (χ4v) is 4.75. The second-order valence-electron chi connectivity index (χ2n) is 7.24. The Labute approximate surface area is 186 Å². The Hall–Kier alpha value is -1.99. The maximum atomic E-state index is 13.0. The first-order chi connectivity index (χ1) is 13.7. The quantitative estimate of drug-likeness (QED) is 0.296. The minimum atomic E-state index is -3.78. The first kappa shape index (κ1) is 26.0. The van der Waals surface area contributed by atoms with E-state index in [4.69, 9.17) is 5.11 Å². The molecule has 2 aromatic carbocycles. The van der Waals surface area contributed by atoms with Gasteiger partial charge in [0.1, 0.15) is 6.04 Å². The molecule has 30 heavy (non-hydrogen) atoms. The summed E-state index contributed by atoms with van der Waals surface area (Å²) in [6.07, 6.45) is 0.294. The van der Waals surface area contributed by atoms with Crippen LogP contribution in [0.5, 0.6) is 0 Å². The van der Waals surface area contributed by atoms with E-state index < -0.39 is 37.0 Å². The van der Waals surface area contributed by atoms with Crippen molar-refractivity contribution in [3.63, 3.8) is 0 Å². The molecule has 0 radical (unpaired) electrons. The Morgan fingerprint density at radius 3 is 1.93 bits per heavy atom. The van der Waals surface area contributed by atoms with E-state index in [-0.39, 0.29) is 29.6 Å². The average Bonchev–Trinajstić information content (AvgIpc) is 2.68. The number of benzene rings is 2. The SMILES string of the molecule is C[C@H](NC(=O)[C@H](Cc1ccccc1)CP(=O)(O)[C@@H]([NH3+])Cc1ccccc1)C(=O)O.[Br-]. The zero-order valence-electron chi connectivity index (χ0n) is 16.8. The lowest BCUT2D eigenvalue weighted by Gasteiger charge is -2.23. The molecule has 0 aromatic heterocycles. The first-order valence-corrected chi connectivity index (χ1v) is 11.4. The second kappa shape index (κ2) is 12.0. The molecular formula is C21H28BrN2O5P. The molecule has 7 nitrogen and oxygen atoms in total. The Balaban J connectivity index is 0.00000450. The van der Waals surface area contributed by atoms with Gasteiger partial charge in [-0.3, -0.25) is 14.2 Å². The highest BCUT2D eigenvalue weighted by Gasteiger charge is 2.37. The molecule has 2 aromatic rings. The van der Waals surface area contributed by atoms with Crippen LogP contribution in [0.3, 0.4) is 0 Å². The predicted molar refractivity (Wildman–Crippen MR) is 110 cm³/mol. The lowest BCUT2D eigenvalue weighted by molar-refractivity contribution is -0.391. The van der Waals surface area contributed by atoms with Crippen LogP contribution in [0.4, 0.5) is 0 Å². The zero-order chi connectivity index (χ0) is 21.4. The van der Waals surface area contributed by atoms with Gasteiger partial charge in [0.2, 0.25) is 5.91 Å². The van der Waals surface area contributed by atoms with Crippen LogP contribution in [-0.2, 0) is 27.0 Å². The molecule has 1 unspecified atom stereocenters. The molecule has 1 amide bonds. The standard InChI is InChI=1S/C21H27N2O5P.BrH/c1-15(21(25)26)23-20(24)18(12-16-8-4-2-5-9-16)14-29(27,28)19(22)13-17-10-6-3-7-11-17;/h2-11,15,18-19H,12-14,22H2,1H3,(H,23,24)(H,25,26)(H,27,28);1H/t15-,18+,19+;/m0./s1. The zero-order valence-corrected chi connectivity index (χ0v) is 19.3. The van der Waals surface area contributed by atoms with E-state index in [2.05, 4.69) is 11.1 Å². The Morgan fingerprint density at radius 1 is 1.00 bits per heavy atom. The summed E-state index contributed by atoms with van der Waals surface area (Å²) in [5.74, 6) is -3.32. The third-order valence-corrected chi connectivity index (χ3v) is 7.08. The molecular weight excluding hydrogens is 471 g/mol. The van der Waals surface area contributed by atoms with E-state index >= 15 is 0 Å². The van der Waals surface area contributed by atoms with Crippen LogP contribution < -0.4 is 28.0 Å². The highest BCUT2D eigenvalue weighted by atomic mass is 79.9. The van der Waals surface area contributed by atoms with Crippen molar-refractivity contribution in [1.82, 2.24) is 5.32 Å². The van der Waals surface area contributed by atoms with Gasteiger partial charge in [-0.15, -0.1) is 0 Å². The van der Waals surface area contributed by atoms with Crippen LogP contribution in [0.1, 0.15) is 18.1 Å². The van der Waals surface area contributed by atoms with Crippen molar-refractivity contribution in [2.24, 2.45) is 5.92 Å². The molecule has 0 aliphatic carbocycles. The number of carbonyl (C=O) groups excluding carboxylic acids is 1. The highest BCUT2D eigenvalue weighted by molar-refractivity contribution is 7.58. The summed E-state index contributed by atoms with van der Waals surface area (Å²) in [6, 6.07) is 17.3. The van der Waals surface area contributed by atoms with E-state index in [0.717, 1.165) is 11.1 Å². The average molecular weight is 499 g/mol. The molecule has 6 N–H and O–H groups in total. The highest BCUT2D eigenvalue weighted by Crippen LogP contribution is 2.46. The number of quaternary nitrogens is 1. The number of carbonyl (C=O) groups is 2. The number of nitrogens with one attached hydrogen (secondary N) is 1. The molecule has 2 rings (SSSR count). The van der Waals surface area contributed by atoms with Crippen LogP contribution in [0.15, 0.2) is 60.7 Å². The maximum Gasteiger partial charge on any atom is 0.325 e. The summed E-state index contributed by atoms with van der Waals surface area (Å²) in [5, 5.41) is 11.5. The summed E-state index contributed by atoms with van der Waals surface area (Å²) in [7, 11) is -3.78. The number of aliphatic carboxylic acids is 1. The number of carboxylic acid groups (broad SMARTS) is 1. The molecule has 0 saturated carbocycles. The molecule has 0 aliphatic rings. The molecule has 4 atom stereocenters. The Morgan fingerprint density at radius 2 is 1.47 bits per heavy atom. The van der Waals surface area contributed by atoms with Gasteiger partial charge >= 0.3 is 5.97 Å². The second-order valence-corrected chi connectivity index (χ2v) is 9.84. The molecule has 0 aliphatic heterocycles. The predicted octanol–water partition coefficient (Wildman–Crippen LogP) is -1.48. The van der Waals surface area contributed by atoms with Gasteiger partial charge in [-0.2, -0.15) is 0 Å². The van der Waals surface area contributed by atoms with E-state index in [9.17, 15) is 19.0 Å². The monoisotopic (exact) mass is 498 g/mol. The lowest BCUT2D eigenvalue weighted by Crippen LogP contribution is -3.00. The van der Waals surface area contributed by atoms with Gasteiger partial charge in [0, 0.05) is 12.6 Å². The molecule has 9 heteroatoms. The Bertz CT molecular complexity index is 866. The summed E-state index contributed by atoms with van der Waals surface area (Å²) in [6.45, 7) is 1.36. The molecule has 0 heterocycles. The molecule has 0 fully saturated rings. The van der Waals surface area contributed by atoms with E-state index in [0.29, 0.717) is 6.42 Å². The Kier molecular flexibility index (Phi) is 10.4. The normalized spacial score (nSPS) is 15.7. The van der Waals surface area contributed by atoms with Gasteiger partial charge in [-0.25, -0.2) is 0 Å². The maximum absolute atomic E-state index is 13.0. The summed E-state index contributed by atoms with van der Waals surface area (Å²) < 4.78 is 13.0. The lowest BCUT2D eigenvalue weighted by atomic mass is 10.00. The van der Waals surface area contributed by atoms with Crippen LogP contribution in [-0.4, -0.2) is 39.9 Å². The smallest absolute Gasteiger partial charge is 0.325 e. The van der Waals surface area contributed by atoms with Gasteiger partial charge in [-0.05, 0) is 24.5 Å². The van der Waals surface area contributed by atoms with Crippen molar-refractivity contribution in [3.05, 3.63) is 71.8 Å². The van der Waals surface area contributed by atoms with Gasteiger partial charge in [0.15, 0.2) is 5.78 Å². The van der Waals surface area contributed by atoms with Crippen LogP contribution in [0.2, 0.25) is 0 Å². The number of halogens is 1. The number of hydrogen-bond donors (Lipinski definition) is 4. The van der Waals surface area contributed by atoms with Crippen molar-refractivity contribution in [1.29, 1.82) is 0 Å². The van der Waals surface area contributed by atoms with Gasteiger partial charge in [0.05, 0.1) is 5.92 Å². The number of carboxylic acids is 1. The third-order valence-electron chi connectivity index (χ3n) is 4.79. The molecule has 164 valence electrons. The van der Waals surface area contributed by atoms with Crippen molar-refractivity contribution in [2.75, 3.05) is 6.16 Å². The minimum Gasteiger partial charge on any atom is -1.00 e. The molecule has 0 saturated heterocycles. The van der Waals surface area contributed by atoms with Crippen LogP contribution in [0.25, 0.3) is 0 Å². The topological polar surface area (TPSA) is 131 Å². The molecule has 0 spiro atoms.